The van der Waals surface area contributed by atoms with Gasteiger partial charge < -0.3 is 0 Å². The van der Waals surface area contributed by atoms with Gasteiger partial charge in [-0.15, -0.1) is 0 Å². The average Bonchev–Trinajstić information content (AvgIpc) is 2.24. The topological polar surface area (TPSA) is 0 Å². The minimum absolute atomic E-state index is 0.149. The predicted octanol–water partition coefficient (Wildman–Crippen LogP) is 4.56. The summed E-state index contributed by atoms with van der Waals surface area (Å²) in [6.45, 7) is 1.77. The highest BCUT2D eigenvalue weighted by molar-refractivity contribution is 9.10. The van der Waals surface area contributed by atoms with E-state index < -0.39 is 0 Å². The van der Waals surface area contributed by atoms with Gasteiger partial charge in [-0.25, -0.2) is 4.39 Å². The van der Waals surface area contributed by atoms with Crippen LogP contribution in [0.4, 0.5) is 4.39 Å². The van der Waals surface area contributed by atoms with Crippen LogP contribution in [0.25, 0.3) is 11.1 Å². The molecule has 2 heteroatoms. The van der Waals surface area contributed by atoms with Gasteiger partial charge in [0.05, 0.1) is 0 Å². The summed E-state index contributed by atoms with van der Waals surface area (Å²) in [6, 6.07) is 13.1. The number of aryl methyl sites for hydroxylation is 1. The van der Waals surface area contributed by atoms with Gasteiger partial charge in [0.15, 0.2) is 0 Å². The first-order chi connectivity index (χ1) is 7.18. The van der Waals surface area contributed by atoms with E-state index in [0.29, 0.717) is 11.1 Å². The first-order valence-electron chi connectivity index (χ1n) is 4.69. The van der Waals surface area contributed by atoms with Gasteiger partial charge in [0.1, 0.15) is 5.82 Å². The summed E-state index contributed by atoms with van der Waals surface area (Å²) in [5, 5.41) is 0. The molecular weight excluding hydrogens is 255 g/mol. The van der Waals surface area contributed by atoms with Crippen LogP contribution in [-0.2, 0) is 0 Å². The van der Waals surface area contributed by atoms with E-state index in [9.17, 15) is 4.39 Å². The zero-order valence-electron chi connectivity index (χ0n) is 8.30. The summed E-state index contributed by atoms with van der Waals surface area (Å²) in [5.74, 6) is -0.149. The molecule has 0 saturated carbocycles. The van der Waals surface area contributed by atoms with Gasteiger partial charge in [-0.3, -0.25) is 0 Å². The molecule has 0 aliphatic carbocycles. The lowest BCUT2D eigenvalue weighted by atomic mass is 10.0. The van der Waals surface area contributed by atoms with Crippen molar-refractivity contribution in [3.8, 4) is 11.1 Å². The number of benzene rings is 2. The van der Waals surface area contributed by atoms with Crippen LogP contribution in [0.1, 0.15) is 5.56 Å². The van der Waals surface area contributed by atoms with E-state index in [0.717, 1.165) is 10.0 Å². The molecule has 2 aromatic carbocycles. The molecule has 0 N–H and O–H groups in total. The lowest BCUT2D eigenvalue weighted by Crippen LogP contribution is -1.88. The maximum atomic E-state index is 13.8. The Kier molecular flexibility index (Phi) is 2.87. The van der Waals surface area contributed by atoms with Crippen molar-refractivity contribution in [2.45, 2.75) is 6.92 Å². The molecule has 0 bridgehead atoms. The molecular formula is C13H10BrF. The fourth-order valence-electron chi connectivity index (χ4n) is 1.55. The van der Waals surface area contributed by atoms with E-state index in [1.165, 1.54) is 0 Å². The van der Waals surface area contributed by atoms with Gasteiger partial charge in [-0.1, -0.05) is 46.3 Å². The third-order valence-corrected chi connectivity index (χ3v) is 2.76. The fourth-order valence-corrected chi connectivity index (χ4v) is 2.13. The minimum atomic E-state index is -0.149. The molecule has 0 aliphatic heterocycles. The van der Waals surface area contributed by atoms with Crippen molar-refractivity contribution >= 4 is 15.9 Å². The Bertz CT molecular complexity index is 477. The highest BCUT2D eigenvalue weighted by Gasteiger charge is 2.08. The summed E-state index contributed by atoms with van der Waals surface area (Å²) in [5.41, 5.74) is 2.20. The van der Waals surface area contributed by atoms with Crippen LogP contribution in [0.3, 0.4) is 0 Å². The molecule has 2 rings (SSSR count). The second-order valence-corrected chi connectivity index (χ2v) is 4.37. The Morgan fingerprint density at radius 1 is 1.07 bits per heavy atom. The molecule has 0 aliphatic rings. The molecule has 15 heavy (non-hydrogen) atoms. The Hall–Kier alpha value is -1.15. The molecule has 0 unspecified atom stereocenters. The largest absolute Gasteiger partial charge is 0.206 e. The van der Waals surface area contributed by atoms with Gasteiger partial charge in [-0.05, 0) is 30.2 Å². The Morgan fingerprint density at radius 2 is 1.73 bits per heavy atom. The van der Waals surface area contributed by atoms with Gasteiger partial charge in [-0.2, -0.15) is 0 Å². The lowest BCUT2D eigenvalue weighted by molar-refractivity contribution is 0.622. The maximum absolute atomic E-state index is 13.8. The van der Waals surface area contributed by atoms with E-state index in [1.54, 1.807) is 19.1 Å². The standard InChI is InChI=1S/C13H10BrF/c1-9-7-11(14)8-12(13(9)15)10-5-3-2-4-6-10/h2-8H,1H3. The third kappa shape index (κ3) is 2.10. The van der Waals surface area contributed by atoms with E-state index in [-0.39, 0.29) is 5.82 Å². The van der Waals surface area contributed by atoms with Crippen molar-refractivity contribution in [3.63, 3.8) is 0 Å². The number of halogens is 2. The molecule has 76 valence electrons. The second kappa shape index (κ2) is 4.15. The highest BCUT2D eigenvalue weighted by Crippen LogP contribution is 2.28. The number of hydrogen-bond acceptors (Lipinski definition) is 0. The monoisotopic (exact) mass is 264 g/mol. The molecule has 0 amide bonds. The summed E-state index contributed by atoms with van der Waals surface area (Å²) in [4.78, 5) is 0. The van der Waals surface area contributed by atoms with E-state index in [1.807, 2.05) is 30.3 Å². The fraction of sp³-hybridized carbons (Fsp3) is 0.0769. The predicted molar refractivity (Wildman–Crippen MR) is 64.3 cm³/mol. The van der Waals surface area contributed by atoms with E-state index in [4.69, 9.17) is 0 Å². The molecule has 0 nitrogen and oxygen atoms in total. The first-order valence-corrected chi connectivity index (χ1v) is 5.49. The van der Waals surface area contributed by atoms with Crippen LogP contribution < -0.4 is 0 Å². The highest BCUT2D eigenvalue weighted by atomic mass is 79.9. The zero-order valence-corrected chi connectivity index (χ0v) is 9.88. The molecule has 0 saturated heterocycles. The number of rotatable bonds is 1. The van der Waals surface area contributed by atoms with Crippen molar-refractivity contribution in [1.82, 2.24) is 0 Å². The minimum Gasteiger partial charge on any atom is -0.206 e. The van der Waals surface area contributed by atoms with Gasteiger partial charge in [0.2, 0.25) is 0 Å². The maximum Gasteiger partial charge on any atom is 0.134 e. The van der Waals surface area contributed by atoms with Crippen molar-refractivity contribution in [2.24, 2.45) is 0 Å². The smallest absolute Gasteiger partial charge is 0.134 e. The lowest BCUT2D eigenvalue weighted by Gasteiger charge is -2.06. The van der Waals surface area contributed by atoms with Crippen LogP contribution >= 0.6 is 15.9 Å². The summed E-state index contributed by atoms with van der Waals surface area (Å²) in [6.07, 6.45) is 0. The van der Waals surface area contributed by atoms with Gasteiger partial charge in [0, 0.05) is 10.0 Å². The first kappa shape index (κ1) is 10.4. The molecule has 0 atom stereocenters. The van der Waals surface area contributed by atoms with Gasteiger partial charge in [0.25, 0.3) is 0 Å². The van der Waals surface area contributed by atoms with E-state index >= 15 is 0 Å². The summed E-state index contributed by atoms with van der Waals surface area (Å²) >= 11 is 3.38. The molecule has 0 fully saturated rings. The normalized spacial score (nSPS) is 10.3. The van der Waals surface area contributed by atoms with Crippen LogP contribution in [0.15, 0.2) is 46.9 Å². The molecule has 0 heterocycles. The molecule has 0 radical (unpaired) electrons. The van der Waals surface area contributed by atoms with Crippen molar-refractivity contribution in [3.05, 3.63) is 58.3 Å². The number of hydrogen-bond donors (Lipinski definition) is 0. The van der Waals surface area contributed by atoms with Gasteiger partial charge >= 0.3 is 0 Å². The van der Waals surface area contributed by atoms with Crippen LogP contribution in [0.5, 0.6) is 0 Å². The van der Waals surface area contributed by atoms with Crippen LogP contribution in [0, 0.1) is 12.7 Å². The molecule has 0 spiro atoms. The van der Waals surface area contributed by atoms with Crippen molar-refractivity contribution in [1.29, 1.82) is 0 Å². The molecule has 2 aromatic rings. The zero-order chi connectivity index (χ0) is 10.8. The Balaban J connectivity index is 2.63. The SMILES string of the molecule is Cc1cc(Br)cc(-c2ccccc2)c1F. The van der Waals surface area contributed by atoms with Crippen LogP contribution in [-0.4, -0.2) is 0 Å². The average molecular weight is 265 g/mol. The van der Waals surface area contributed by atoms with E-state index in [2.05, 4.69) is 15.9 Å². The molecule has 0 aromatic heterocycles. The summed E-state index contributed by atoms with van der Waals surface area (Å²) < 4.78 is 14.7. The third-order valence-electron chi connectivity index (χ3n) is 2.30. The van der Waals surface area contributed by atoms with Crippen LogP contribution in [0.2, 0.25) is 0 Å². The van der Waals surface area contributed by atoms with Crippen molar-refractivity contribution in [2.75, 3.05) is 0 Å². The Morgan fingerprint density at radius 3 is 2.40 bits per heavy atom. The Labute approximate surface area is 96.9 Å². The quantitative estimate of drug-likeness (QED) is 0.708. The second-order valence-electron chi connectivity index (χ2n) is 3.45. The summed E-state index contributed by atoms with van der Waals surface area (Å²) in [7, 11) is 0. The van der Waals surface area contributed by atoms with Crippen molar-refractivity contribution < 1.29 is 4.39 Å².